The molecule has 0 aromatic carbocycles. The third kappa shape index (κ3) is 2.47. The first-order valence-corrected chi connectivity index (χ1v) is 8.35. The third-order valence-electron chi connectivity index (χ3n) is 3.38. The van der Waals surface area contributed by atoms with Crippen LogP contribution in [0.2, 0.25) is 0 Å². The van der Waals surface area contributed by atoms with Gasteiger partial charge in [-0.3, -0.25) is 9.00 Å². The van der Waals surface area contributed by atoms with E-state index in [1.54, 1.807) is 6.92 Å². The highest BCUT2D eigenvalue weighted by molar-refractivity contribution is 7.97. The Hall–Kier alpha value is -1.62. The number of amides is 2. The van der Waals surface area contributed by atoms with Gasteiger partial charge in [0.25, 0.3) is 5.91 Å². The number of fused-ring (bicyclic) bond motifs is 1. The highest BCUT2D eigenvalue weighted by atomic mass is 32.2. The molecule has 2 N–H and O–H groups in total. The molecule has 122 valence electrons. The van der Waals surface area contributed by atoms with Crippen LogP contribution in [0.3, 0.4) is 0 Å². The van der Waals surface area contributed by atoms with Gasteiger partial charge in [0.1, 0.15) is 6.04 Å². The Bertz CT molecular complexity index is 590. The van der Waals surface area contributed by atoms with Gasteiger partial charge >= 0.3 is 12.1 Å². The second-order valence-corrected chi connectivity index (χ2v) is 7.76. The molecule has 2 fully saturated rings. The van der Waals surface area contributed by atoms with Crippen LogP contribution in [-0.4, -0.2) is 60.7 Å². The van der Waals surface area contributed by atoms with Gasteiger partial charge in [-0.2, -0.15) is 4.40 Å². The van der Waals surface area contributed by atoms with Crippen LogP contribution in [0.5, 0.6) is 0 Å². The maximum atomic E-state index is 12.4. The highest BCUT2D eigenvalue weighted by Crippen LogP contribution is 2.42. The SMILES string of the molecule is CCOC(=O)NSN=C1C(=O)N2[C@@H]1S(=O)C(C)(C)[C@@H]2C(=O)O. The number of β-lactam (4-membered cyclic amide) rings is 1. The molecule has 0 radical (unpaired) electrons. The minimum atomic E-state index is -1.60. The lowest BCUT2D eigenvalue weighted by molar-refractivity contribution is -0.150. The Labute approximate surface area is 133 Å². The molecule has 2 rings (SSSR count). The van der Waals surface area contributed by atoms with Crippen molar-refractivity contribution in [1.29, 1.82) is 0 Å². The van der Waals surface area contributed by atoms with Gasteiger partial charge in [-0.15, -0.1) is 0 Å². The number of nitrogens with zero attached hydrogens (tertiary/aromatic N) is 2. The van der Waals surface area contributed by atoms with E-state index < -0.39 is 44.9 Å². The zero-order valence-electron chi connectivity index (χ0n) is 12.1. The average molecular weight is 349 g/mol. The van der Waals surface area contributed by atoms with Crippen LogP contribution in [0.15, 0.2) is 4.40 Å². The summed E-state index contributed by atoms with van der Waals surface area (Å²) in [7, 11) is -1.60. The standard InChI is InChI=1S/C11H15N3O6S2/c1-4-20-10(18)13-21-12-5-7(15)14-6(9(16)17)11(2,3)22(19)8(5)14/h6,8H,4H2,1-3H3,(H,13,18)(H,16,17)/t6-,8+,22?/m0/s1. The van der Waals surface area contributed by atoms with Crippen LogP contribution in [0, 0.1) is 0 Å². The molecule has 9 nitrogen and oxygen atoms in total. The van der Waals surface area contributed by atoms with Crippen molar-refractivity contribution in [2.45, 2.75) is 36.9 Å². The first-order valence-electron chi connectivity index (χ1n) is 6.36. The topological polar surface area (TPSA) is 125 Å². The summed E-state index contributed by atoms with van der Waals surface area (Å²) >= 11 is 0.584. The van der Waals surface area contributed by atoms with E-state index in [4.69, 9.17) is 0 Å². The fourth-order valence-corrected chi connectivity index (χ4v) is 4.68. The smallest absolute Gasteiger partial charge is 0.418 e. The molecule has 2 amide bonds. The van der Waals surface area contributed by atoms with E-state index in [-0.39, 0.29) is 12.3 Å². The van der Waals surface area contributed by atoms with Gasteiger partial charge in [0.15, 0.2) is 11.1 Å². The van der Waals surface area contributed by atoms with Crippen molar-refractivity contribution in [1.82, 2.24) is 9.62 Å². The summed E-state index contributed by atoms with van der Waals surface area (Å²) in [5.41, 5.74) is -0.0167. The van der Waals surface area contributed by atoms with Crippen molar-refractivity contribution in [3.63, 3.8) is 0 Å². The van der Waals surface area contributed by atoms with Gasteiger partial charge in [-0.1, -0.05) is 0 Å². The first-order chi connectivity index (χ1) is 10.2. The van der Waals surface area contributed by atoms with Crippen LogP contribution < -0.4 is 4.72 Å². The number of hydrogen-bond acceptors (Lipinski definition) is 7. The molecule has 0 bridgehead atoms. The summed E-state index contributed by atoms with van der Waals surface area (Å²) in [4.78, 5) is 35.5. The molecule has 2 heterocycles. The Kier molecular flexibility index (Phi) is 4.47. The van der Waals surface area contributed by atoms with Crippen LogP contribution in [0.25, 0.3) is 0 Å². The lowest BCUT2D eigenvalue weighted by Crippen LogP contribution is -2.63. The molecule has 22 heavy (non-hydrogen) atoms. The predicted molar refractivity (Wildman–Crippen MR) is 79.5 cm³/mol. The number of carbonyl (C=O) groups excluding carboxylic acids is 2. The van der Waals surface area contributed by atoms with Crippen molar-refractivity contribution in [3.05, 3.63) is 0 Å². The molecule has 2 aliphatic heterocycles. The molecule has 2 aliphatic rings. The fraction of sp³-hybridized carbons (Fsp3) is 0.636. The van der Waals surface area contributed by atoms with E-state index in [1.807, 2.05) is 0 Å². The molecule has 11 heteroatoms. The van der Waals surface area contributed by atoms with Crippen molar-refractivity contribution in [2.24, 2.45) is 4.40 Å². The van der Waals surface area contributed by atoms with Crippen molar-refractivity contribution in [3.8, 4) is 0 Å². The number of carboxylic acids is 1. The van der Waals surface area contributed by atoms with E-state index >= 15 is 0 Å². The Morgan fingerprint density at radius 1 is 1.55 bits per heavy atom. The third-order valence-corrected chi connectivity index (χ3v) is 6.04. The van der Waals surface area contributed by atoms with Crippen LogP contribution >= 0.6 is 12.1 Å². The quantitative estimate of drug-likeness (QED) is 0.536. The van der Waals surface area contributed by atoms with Gasteiger partial charge in [-0.25, -0.2) is 14.3 Å². The van der Waals surface area contributed by atoms with Crippen LogP contribution in [-0.2, 0) is 25.1 Å². The highest BCUT2D eigenvalue weighted by Gasteiger charge is 2.66. The summed E-state index contributed by atoms with van der Waals surface area (Å²) in [6.45, 7) is 4.90. The monoisotopic (exact) mass is 349 g/mol. The molecule has 0 aliphatic carbocycles. The van der Waals surface area contributed by atoms with Gasteiger partial charge in [0.2, 0.25) is 0 Å². The Morgan fingerprint density at radius 3 is 2.73 bits per heavy atom. The molecule has 3 atom stereocenters. The van der Waals surface area contributed by atoms with E-state index in [0.717, 1.165) is 4.90 Å². The number of nitrogens with one attached hydrogen (secondary N) is 1. The average Bonchev–Trinajstić information content (AvgIpc) is 2.61. The van der Waals surface area contributed by atoms with Crippen molar-refractivity contribution < 1.29 is 28.4 Å². The summed E-state index contributed by atoms with van der Waals surface area (Å²) in [6.07, 6.45) is -0.711. The molecule has 0 saturated carbocycles. The van der Waals surface area contributed by atoms with E-state index in [2.05, 4.69) is 13.9 Å². The number of aliphatic carboxylic acids is 1. The van der Waals surface area contributed by atoms with E-state index in [1.165, 1.54) is 13.8 Å². The van der Waals surface area contributed by atoms with Crippen molar-refractivity contribution >= 4 is 46.6 Å². The lowest BCUT2D eigenvalue weighted by atomic mass is 9.98. The molecular weight excluding hydrogens is 334 g/mol. The maximum Gasteiger partial charge on any atom is 0.418 e. The molecule has 1 unspecified atom stereocenters. The lowest BCUT2D eigenvalue weighted by Gasteiger charge is -2.36. The van der Waals surface area contributed by atoms with E-state index in [9.17, 15) is 23.7 Å². The molecule has 0 aromatic heterocycles. The van der Waals surface area contributed by atoms with Gasteiger partial charge < -0.3 is 14.7 Å². The van der Waals surface area contributed by atoms with Crippen LogP contribution in [0.4, 0.5) is 4.79 Å². The number of rotatable bonds is 4. The van der Waals surface area contributed by atoms with Gasteiger partial charge in [0, 0.05) is 0 Å². The summed E-state index contributed by atoms with van der Waals surface area (Å²) in [5.74, 6) is -1.79. The second kappa shape index (κ2) is 5.88. The number of ether oxygens (including phenoxy) is 1. The zero-order chi connectivity index (χ0) is 16.7. The molecule has 0 spiro atoms. The maximum absolute atomic E-state index is 12.4. The molecule has 0 aromatic rings. The first kappa shape index (κ1) is 16.7. The van der Waals surface area contributed by atoms with E-state index in [0.29, 0.717) is 12.1 Å². The molecular formula is C11H15N3O6S2. The summed E-state index contributed by atoms with van der Waals surface area (Å²) < 4.78 is 22.0. The minimum Gasteiger partial charge on any atom is -0.480 e. The summed E-state index contributed by atoms with van der Waals surface area (Å²) in [5, 5.41) is 8.39. The van der Waals surface area contributed by atoms with Gasteiger partial charge in [-0.05, 0) is 20.8 Å². The fourth-order valence-electron chi connectivity index (χ4n) is 2.37. The second-order valence-electron chi connectivity index (χ2n) is 5.10. The Morgan fingerprint density at radius 2 is 2.18 bits per heavy atom. The predicted octanol–water partition coefficient (Wildman–Crippen LogP) is -0.101. The van der Waals surface area contributed by atoms with Gasteiger partial charge in [0.05, 0.1) is 34.3 Å². The molecule has 2 saturated heterocycles. The normalized spacial score (nSPS) is 30.7. The zero-order valence-corrected chi connectivity index (χ0v) is 13.7. The minimum absolute atomic E-state index is 0.0167. The number of hydrogen-bond donors (Lipinski definition) is 2. The summed E-state index contributed by atoms with van der Waals surface area (Å²) in [6, 6.07) is -1.16. The Balaban J connectivity index is 2.13. The number of carbonyl (C=O) groups is 3. The van der Waals surface area contributed by atoms with Crippen LogP contribution in [0.1, 0.15) is 20.8 Å². The largest absolute Gasteiger partial charge is 0.480 e. The van der Waals surface area contributed by atoms with Crippen molar-refractivity contribution in [2.75, 3.05) is 6.61 Å². The number of carboxylic acid groups (broad SMARTS) is 1.